The van der Waals surface area contributed by atoms with Crippen LogP contribution in [0.25, 0.3) is 0 Å². The lowest BCUT2D eigenvalue weighted by atomic mass is 10.2. The molecule has 0 radical (unpaired) electrons. The molecule has 0 aliphatic rings. The molecule has 1 N–H and O–H groups in total. The van der Waals surface area contributed by atoms with Crippen LogP contribution in [0.3, 0.4) is 0 Å². The first kappa shape index (κ1) is 9.51. The molecule has 0 saturated carbocycles. The van der Waals surface area contributed by atoms with Gasteiger partial charge in [-0.1, -0.05) is 21.9 Å². The maximum absolute atomic E-state index is 11.0. The fourth-order valence-electron chi connectivity index (χ4n) is 0.341. The van der Waals surface area contributed by atoms with Crippen molar-refractivity contribution in [3.63, 3.8) is 0 Å². The Bertz CT molecular complexity index is 163. The van der Waals surface area contributed by atoms with Gasteiger partial charge in [0.1, 0.15) is 0 Å². The van der Waals surface area contributed by atoms with Crippen LogP contribution in [0.2, 0.25) is 0 Å². The number of halogens is 1. The van der Waals surface area contributed by atoms with Gasteiger partial charge >= 0.3 is 0 Å². The monoisotopic (exact) mass is 203 g/mol. The first-order chi connectivity index (χ1) is 4.48. The lowest BCUT2D eigenvalue weighted by Gasteiger charge is -2.13. The summed E-state index contributed by atoms with van der Waals surface area (Å²) >= 11 is 3.19. The SMILES string of the molecule is C#CCNC(=O)C(C)(C)Br. The van der Waals surface area contributed by atoms with Gasteiger partial charge < -0.3 is 5.32 Å². The first-order valence-electron chi connectivity index (χ1n) is 2.89. The lowest BCUT2D eigenvalue weighted by molar-refractivity contribution is -0.122. The molecule has 10 heavy (non-hydrogen) atoms. The molecule has 0 bridgehead atoms. The molecule has 0 heterocycles. The van der Waals surface area contributed by atoms with Crippen molar-refractivity contribution < 1.29 is 4.79 Å². The predicted octanol–water partition coefficient (Wildman–Crippen LogP) is 0.909. The largest absolute Gasteiger partial charge is 0.344 e. The van der Waals surface area contributed by atoms with Gasteiger partial charge in [-0.15, -0.1) is 6.42 Å². The van der Waals surface area contributed by atoms with Crippen LogP contribution in [0.4, 0.5) is 0 Å². The smallest absolute Gasteiger partial charge is 0.237 e. The number of terminal acetylenes is 1. The van der Waals surface area contributed by atoms with Gasteiger partial charge in [0.25, 0.3) is 0 Å². The number of carbonyl (C=O) groups excluding carboxylic acids is 1. The Kier molecular flexibility index (Phi) is 3.45. The Morgan fingerprint density at radius 2 is 2.30 bits per heavy atom. The molecule has 0 atom stereocenters. The third-order valence-electron chi connectivity index (χ3n) is 0.891. The normalized spacial score (nSPS) is 10.2. The Balaban J connectivity index is 3.78. The third-order valence-corrected chi connectivity index (χ3v) is 1.25. The molecule has 0 aromatic heterocycles. The molecule has 56 valence electrons. The number of amides is 1. The van der Waals surface area contributed by atoms with E-state index in [1.165, 1.54) is 0 Å². The molecule has 0 aliphatic carbocycles. The number of hydrogen-bond donors (Lipinski definition) is 1. The molecule has 0 fully saturated rings. The van der Waals surface area contributed by atoms with Gasteiger partial charge in [-0.3, -0.25) is 4.79 Å². The summed E-state index contributed by atoms with van der Waals surface area (Å²) < 4.78 is -0.524. The minimum Gasteiger partial charge on any atom is -0.344 e. The average molecular weight is 204 g/mol. The Morgan fingerprint density at radius 1 is 1.80 bits per heavy atom. The zero-order valence-electron chi connectivity index (χ0n) is 6.07. The van der Waals surface area contributed by atoms with Crippen molar-refractivity contribution in [2.24, 2.45) is 0 Å². The van der Waals surface area contributed by atoms with E-state index >= 15 is 0 Å². The van der Waals surface area contributed by atoms with Gasteiger partial charge in [0.05, 0.1) is 10.9 Å². The molecule has 0 unspecified atom stereocenters. The lowest BCUT2D eigenvalue weighted by Crippen LogP contribution is -2.37. The maximum atomic E-state index is 11.0. The van der Waals surface area contributed by atoms with Gasteiger partial charge in [0.15, 0.2) is 0 Å². The quantitative estimate of drug-likeness (QED) is 0.525. The Morgan fingerprint density at radius 3 is 2.60 bits per heavy atom. The molecule has 3 heteroatoms. The van der Waals surface area contributed by atoms with Crippen molar-refractivity contribution in [2.75, 3.05) is 6.54 Å². The second kappa shape index (κ2) is 3.62. The van der Waals surface area contributed by atoms with Gasteiger partial charge in [-0.2, -0.15) is 0 Å². The average Bonchev–Trinajstić information content (AvgIpc) is 1.80. The number of nitrogens with one attached hydrogen (secondary N) is 1. The first-order valence-corrected chi connectivity index (χ1v) is 3.68. The fraction of sp³-hybridized carbons (Fsp3) is 0.571. The molecule has 0 spiro atoms. The van der Waals surface area contributed by atoms with E-state index in [0.717, 1.165) is 0 Å². The van der Waals surface area contributed by atoms with E-state index in [2.05, 4.69) is 27.2 Å². The second-order valence-electron chi connectivity index (χ2n) is 2.36. The molecule has 0 saturated heterocycles. The summed E-state index contributed by atoms with van der Waals surface area (Å²) in [5, 5.41) is 2.55. The van der Waals surface area contributed by atoms with Crippen molar-refractivity contribution in [1.29, 1.82) is 0 Å². The highest BCUT2D eigenvalue weighted by Crippen LogP contribution is 2.14. The van der Waals surface area contributed by atoms with Crippen LogP contribution in [-0.4, -0.2) is 16.8 Å². The minimum absolute atomic E-state index is 0.0922. The summed E-state index contributed by atoms with van der Waals surface area (Å²) in [5.74, 6) is 2.23. The van der Waals surface area contributed by atoms with Gasteiger partial charge in [-0.05, 0) is 13.8 Å². The molecule has 0 rings (SSSR count). The minimum atomic E-state index is -0.524. The van der Waals surface area contributed by atoms with Crippen LogP contribution in [0.5, 0.6) is 0 Å². The number of rotatable bonds is 2. The van der Waals surface area contributed by atoms with Crippen LogP contribution in [-0.2, 0) is 4.79 Å². The topological polar surface area (TPSA) is 29.1 Å². The molecule has 2 nitrogen and oxygen atoms in total. The summed E-state index contributed by atoms with van der Waals surface area (Å²) in [5.41, 5.74) is 0. The molecular weight excluding hydrogens is 194 g/mol. The van der Waals surface area contributed by atoms with Crippen LogP contribution in [0.15, 0.2) is 0 Å². The number of hydrogen-bond acceptors (Lipinski definition) is 1. The zero-order chi connectivity index (χ0) is 8.20. The molecular formula is C7H10BrNO. The van der Waals surface area contributed by atoms with Gasteiger partial charge in [0.2, 0.25) is 5.91 Å². The summed E-state index contributed by atoms with van der Waals surface area (Å²) in [6.07, 6.45) is 4.94. The molecule has 0 aromatic rings. The van der Waals surface area contributed by atoms with Crippen LogP contribution < -0.4 is 5.32 Å². The van der Waals surface area contributed by atoms with Crippen LogP contribution in [0, 0.1) is 12.3 Å². The van der Waals surface area contributed by atoms with E-state index in [9.17, 15) is 4.79 Å². The molecule has 0 aromatic carbocycles. The summed E-state index contributed by atoms with van der Waals surface area (Å²) in [4.78, 5) is 11.0. The second-order valence-corrected chi connectivity index (χ2v) is 4.34. The Labute approximate surface area is 69.5 Å². The van der Waals surface area contributed by atoms with Gasteiger partial charge in [0, 0.05) is 0 Å². The van der Waals surface area contributed by atoms with E-state index in [0.29, 0.717) is 0 Å². The molecule has 1 amide bonds. The Hall–Kier alpha value is -0.490. The zero-order valence-corrected chi connectivity index (χ0v) is 7.66. The highest BCUT2D eigenvalue weighted by molar-refractivity contribution is 9.10. The van der Waals surface area contributed by atoms with Crippen LogP contribution in [0.1, 0.15) is 13.8 Å². The van der Waals surface area contributed by atoms with Gasteiger partial charge in [-0.25, -0.2) is 0 Å². The molecule has 0 aliphatic heterocycles. The maximum Gasteiger partial charge on any atom is 0.237 e. The highest BCUT2D eigenvalue weighted by Gasteiger charge is 2.22. The third kappa shape index (κ3) is 3.52. The summed E-state index contributed by atoms with van der Waals surface area (Å²) in [7, 11) is 0. The van der Waals surface area contributed by atoms with Crippen molar-refractivity contribution in [1.82, 2.24) is 5.32 Å². The standard InChI is InChI=1S/C7H10BrNO/c1-4-5-9-6(10)7(2,3)8/h1H,5H2,2-3H3,(H,9,10). The summed E-state index contributed by atoms with van der Waals surface area (Å²) in [6.45, 7) is 3.81. The number of alkyl halides is 1. The van der Waals surface area contributed by atoms with Crippen molar-refractivity contribution >= 4 is 21.8 Å². The summed E-state index contributed by atoms with van der Waals surface area (Å²) in [6, 6.07) is 0. The predicted molar refractivity (Wildman–Crippen MR) is 44.8 cm³/mol. The van der Waals surface area contributed by atoms with Crippen molar-refractivity contribution in [3.05, 3.63) is 0 Å². The van der Waals surface area contributed by atoms with Crippen LogP contribution >= 0.6 is 15.9 Å². The fourth-order valence-corrected chi connectivity index (χ4v) is 0.482. The van der Waals surface area contributed by atoms with Crippen molar-refractivity contribution in [3.8, 4) is 12.3 Å². The van der Waals surface area contributed by atoms with Crippen molar-refractivity contribution in [2.45, 2.75) is 18.2 Å². The number of carbonyl (C=O) groups is 1. The van der Waals surface area contributed by atoms with E-state index in [-0.39, 0.29) is 12.5 Å². The van der Waals surface area contributed by atoms with E-state index < -0.39 is 4.32 Å². The van der Waals surface area contributed by atoms with E-state index in [1.54, 1.807) is 13.8 Å². The van der Waals surface area contributed by atoms with E-state index in [4.69, 9.17) is 6.42 Å². The highest BCUT2D eigenvalue weighted by atomic mass is 79.9. The van der Waals surface area contributed by atoms with E-state index in [1.807, 2.05) is 0 Å².